The molecule has 0 saturated carbocycles. The predicted molar refractivity (Wildman–Crippen MR) is 148 cm³/mol. The van der Waals surface area contributed by atoms with Gasteiger partial charge >= 0.3 is 0 Å². The van der Waals surface area contributed by atoms with Crippen LogP contribution in [0.25, 0.3) is 11.0 Å². The zero-order chi connectivity index (χ0) is 27.5. The number of nitrogens with one attached hydrogen (secondary N) is 1. The number of rotatable bonds is 4. The van der Waals surface area contributed by atoms with Gasteiger partial charge in [-0.25, -0.2) is 22.5 Å². The van der Waals surface area contributed by atoms with E-state index >= 15 is 8.78 Å². The van der Waals surface area contributed by atoms with Crippen molar-refractivity contribution in [3.05, 3.63) is 102 Å². The number of halogens is 4. The molecule has 39 heavy (non-hydrogen) atoms. The van der Waals surface area contributed by atoms with Crippen molar-refractivity contribution in [1.82, 2.24) is 9.97 Å². The Kier molecular flexibility index (Phi) is 7.91. The number of aromatic nitrogens is 2. The summed E-state index contributed by atoms with van der Waals surface area (Å²) in [7, 11) is 0. The van der Waals surface area contributed by atoms with E-state index in [2.05, 4.69) is 16.5 Å². The number of piperidine rings is 1. The van der Waals surface area contributed by atoms with E-state index in [1.165, 1.54) is 36.7 Å². The Bertz CT molecular complexity index is 1420. The van der Waals surface area contributed by atoms with Gasteiger partial charge in [0.25, 0.3) is 0 Å². The van der Waals surface area contributed by atoms with Gasteiger partial charge in [-0.3, -0.25) is 0 Å². The van der Waals surface area contributed by atoms with Gasteiger partial charge in [-0.05, 0) is 74.4 Å². The molecule has 204 valence electrons. The van der Waals surface area contributed by atoms with Crippen LogP contribution < -0.4 is 9.80 Å². The monoisotopic (exact) mass is 536 g/mol. The second-order valence-corrected chi connectivity index (χ2v) is 10.1. The Morgan fingerprint density at radius 3 is 2.23 bits per heavy atom. The molecule has 0 aliphatic carbocycles. The molecule has 2 saturated heterocycles. The Morgan fingerprint density at radius 2 is 1.56 bits per heavy atom. The second-order valence-electron chi connectivity index (χ2n) is 10.1. The molecular formula is C31H32F4N4. The molecule has 6 rings (SSSR count). The molecule has 3 aromatic carbocycles. The quantitative estimate of drug-likeness (QED) is 0.212. The van der Waals surface area contributed by atoms with Crippen LogP contribution in [0.15, 0.2) is 67.5 Å². The number of allylic oxidation sites excluding steroid dienone is 1. The fourth-order valence-corrected chi connectivity index (χ4v) is 5.82. The van der Waals surface area contributed by atoms with Gasteiger partial charge in [0.2, 0.25) is 0 Å². The van der Waals surface area contributed by atoms with E-state index in [1.807, 2.05) is 11.8 Å². The highest BCUT2D eigenvalue weighted by molar-refractivity contribution is 5.76. The number of H-pyrrole nitrogens is 1. The maximum atomic E-state index is 15.4. The first kappa shape index (κ1) is 26.8. The maximum Gasteiger partial charge on any atom is 0.151 e. The van der Waals surface area contributed by atoms with Crippen LogP contribution in [0.2, 0.25) is 0 Å². The standard InChI is InChI=1S/C28H26F4N4.C3H6/c29-19-5-3-17(4-6-19)18-7-10-35(11-8-18)28-23(31)12-20(13-24(28)32)36-9-1-2-27(36)21-14-25-26(15-22(21)30)34-16-33-25;1-3-2/h3-6,12-16,18,27H,1-2,7-11H2,(H,33,34);3H,1H2,2H3/t27-;/m1./s1. The Labute approximate surface area is 226 Å². The summed E-state index contributed by atoms with van der Waals surface area (Å²) in [5, 5.41) is 0. The smallest absolute Gasteiger partial charge is 0.151 e. The molecule has 0 spiro atoms. The Morgan fingerprint density at radius 1 is 0.897 bits per heavy atom. The minimum absolute atomic E-state index is 0.0166. The van der Waals surface area contributed by atoms with Gasteiger partial charge in [-0.15, -0.1) is 6.58 Å². The third-order valence-corrected chi connectivity index (χ3v) is 7.64. The van der Waals surface area contributed by atoms with Gasteiger partial charge in [-0.1, -0.05) is 18.2 Å². The average molecular weight is 537 g/mol. The highest BCUT2D eigenvalue weighted by atomic mass is 19.1. The number of benzene rings is 3. The molecule has 3 heterocycles. The minimum atomic E-state index is -0.611. The summed E-state index contributed by atoms with van der Waals surface area (Å²) in [6.45, 7) is 6.86. The first-order valence-corrected chi connectivity index (χ1v) is 13.3. The lowest BCUT2D eigenvalue weighted by Crippen LogP contribution is -2.34. The largest absolute Gasteiger partial charge is 0.367 e. The van der Waals surface area contributed by atoms with Crippen molar-refractivity contribution in [2.75, 3.05) is 29.4 Å². The molecule has 1 aromatic heterocycles. The number of anilines is 2. The van der Waals surface area contributed by atoms with Crippen LogP contribution in [0.1, 0.15) is 55.7 Å². The number of hydrogen-bond acceptors (Lipinski definition) is 3. The molecule has 4 nitrogen and oxygen atoms in total. The average Bonchev–Trinajstić information content (AvgIpc) is 3.58. The summed E-state index contributed by atoms with van der Waals surface area (Å²) in [6.07, 6.45) is 6.23. The lowest BCUT2D eigenvalue weighted by atomic mass is 9.89. The summed E-state index contributed by atoms with van der Waals surface area (Å²) in [5.41, 5.74) is 3.23. The van der Waals surface area contributed by atoms with Gasteiger partial charge in [-0.2, -0.15) is 0 Å². The first-order valence-electron chi connectivity index (χ1n) is 13.3. The van der Waals surface area contributed by atoms with E-state index < -0.39 is 11.6 Å². The molecule has 1 atom stereocenters. The van der Waals surface area contributed by atoms with Crippen molar-refractivity contribution in [3.8, 4) is 0 Å². The predicted octanol–water partition coefficient (Wildman–Crippen LogP) is 8.04. The third kappa shape index (κ3) is 5.51. The molecule has 2 aliphatic heterocycles. The third-order valence-electron chi connectivity index (χ3n) is 7.64. The fraction of sp³-hybridized carbons (Fsp3) is 0.323. The van der Waals surface area contributed by atoms with Crippen molar-refractivity contribution < 1.29 is 17.6 Å². The summed E-state index contributed by atoms with van der Waals surface area (Å²) in [6, 6.07) is 12.0. The minimum Gasteiger partial charge on any atom is -0.367 e. The van der Waals surface area contributed by atoms with Crippen LogP contribution in [0.4, 0.5) is 28.9 Å². The van der Waals surface area contributed by atoms with E-state index in [1.54, 1.807) is 29.2 Å². The highest BCUT2D eigenvalue weighted by Gasteiger charge is 2.31. The number of fused-ring (bicyclic) bond motifs is 1. The number of imidazole rings is 1. The maximum absolute atomic E-state index is 15.4. The lowest BCUT2D eigenvalue weighted by Gasteiger charge is -2.35. The second kappa shape index (κ2) is 11.5. The van der Waals surface area contributed by atoms with Crippen molar-refractivity contribution in [3.63, 3.8) is 0 Å². The van der Waals surface area contributed by atoms with Crippen molar-refractivity contribution in [2.45, 2.75) is 44.6 Å². The van der Waals surface area contributed by atoms with E-state index in [9.17, 15) is 8.78 Å². The summed E-state index contributed by atoms with van der Waals surface area (Å²) in [4.78, 5) is 10.7. The van der Waals surface area contributed by atoms with Crippen LogP contribution in [-0.4, -0.2) is 29.6 Å². The molecule has 0 unspecified atom stereocenters. The number of aromatic amines is 1. The van der Waals surface area contributed by atoms with Gasteiger partial charge in [0, 0.05) is 37.0 Å². The van der Waals surface area contributed by atoms with Gasteiger partial charge in [0.05, 0.1) is 23.4 Å². The molecule has 0 amide bonds. The van der Waals surface area contributed by atoms with Crippen LogP contribution >= 0.6 is 0 Å². The fourth-order valence-electron chi connectivity index (χ4n) is 5.82. The van der Waals surface area contributed by atoms with Gasteiger partial charge in [0.15, 0.2) is 11.6 Å². The Balaban J connectivity index is 0.000000983. The SMILES string of the molecule is C=CC.Fc1ccc(C2CCN(c3c(F)cc(N4CCC[C@@H]4c4cc5[nH]cnc5cc4F)cc3F)CC2)cc1. The van der Waals surface area contributed by atoms with Gasteiger partial charge < -0.3 is 14.8 Å². The van der Waals surface area contributed by atoms with Crippen LogP contribution in [0.5, 0.6) is 0 Å². The van der Waals surface area contributed by atoms with E-state index in [0.29, 0.717) is 42.8 Å². The van der Waals surface area contributed by atoms with E-state index in [0.717, 1.165) is 30.3 Å². The first-order chi connectivity index (χ1) is 18.9. The summed E-state index contributed by atoms with van der Waals surface area (Å²) < 4.78 is 58.9. The van der Waals surface area contributed by atoms with Gasteiger partial charge in [0.1, 0.15) is 17.3 Å². The van der Waals surface area contributed by atoms with Crippen molar-refractivity contribution in [2.24, 2.45) is 0 Å². The number of hydrogen-bond donors (Lipinski definition) is 1. The molecule has 0 radical (unpaired) electrons. The zero-order valence-corrected chi connectivity index (χ0v) is 21.9. The molecule has 1 N–H and O–H groups in total. The zero-order valence-electron chi connectivity index (χ0n) is 21.9. The molecule has 4 aromatic rings. The van der Waals surface area contributed by atoms with E-state index in [-0.39, 0.29) is 29.3 Å². The molecule has 0 bridgehead atoms. The van der Waals surface area contributed by atoms with Crippen LogP contribution in [0.3, 0.4) is 0 Å². The van der Waals surface area contributed by atoms with E-state index in [4.69, 9.17) is 0 Å². The van der Waals surface area contributed by atoms with Crippen LogP contribution in [0, 0.1) is 23.3 Å². The van der Waals surface area contributed by atoms with Crippen molar-refractivity contribution in [1.29, 1.82) is 0 Å². The molecule has 2 fully saturated rings. The highest BCUT2D eigenvalue weighted by Crippen LogP contribution is 2.41. The van der Waals surface area contributed by atoms with Crippen LogP contribution in [-0.2, 0) is 0 Å². The van der Waals surface area contributed by atoms with Crippen molar-refractivity contribution >= 4 is 22.4 Å². The Hall–Kier alpha value is -3.81. The molecule has 8 heteroatoms. The number of nitrogens with zero attached hydrogens (tertiary/aromatic N) is 3. The topological polar surface area (TPSA) is 35.2 Å². The lowest BCUT2D eigenvalue weighted by molar-refractivity contribution is 0.485. The summed E-state index contributed by atoms with van der Waals surface area (Å²) in [5.74, 6) is -1.63. The summed E-state index contributed by atoms with van der Waals surface area (Å²) >= 11 is 0. The molecular weight excluding hydrogens is 504 g/mol. The normalized spacial score (nSPS) is 17.8. The molecule has 2 aliphatic rings.